The Kier molecular flexibility index (Phi) is 5.13. The monoisotopic (exact) mass is 283 g/mol. The van der Waals surface area contributed by atoms with Crippen molar-refractivity contribution in [1.82, 2.24) is 4.90 Å². The topological polar surface area (TPSA) is 69.3 Å². The third-order valence-corrected chi connectivity index (χ3v) is 3.07. The Morgan fingerprint density at radius 3 is 2.90 bits per heavy atom. The average molecular weight is 283 g/mol. The van der Waals surface area contributed by atoms with E-state index in [4.69, 9.17) is 9.68 Å². The van der Waals surface area contributed by atoms with E-state index in [1.807, 2.05) is 18.0 Å². The number of amides is 1. The van der Waals surface area contributed by atoms with Crippen LogP contribution in [0.25, 0.3) is 0 Å². The smallest absolute Gasteiger partial charge is 0.225 e. The molecule has 1 aromatic carbocycles. The summed E-state index contributed by atoms with van der Waals surface area (Å²) in [5.74, 6) is -0.100. The summed E-state index contributed by atoms with van der Waals surface area (Å²) in [4.78, 5) is 14.0. The first kappa shape index (κ1) is 14.8. The molecule has 1 N–H and O–H groups in total. The molecule has 5 heteroatoms. The normalized spacial score (nSPS) is 10.3. The van der Waals surface area contributed by atoms with Crippen LogP contribution in [0.5, 0.6) is 0 Å². The lowest BCUT2D eigenvalue weighted by atomic mass is 10.2. The second kappa shape index (κ2) is 7.27. The van der Waals surface area contributed by atoms with Gasteiger partial charge in [0.25, 0.3) is 0 Å². The molecule has 1 aromatic heterocycles. The molecular formula is C16H17N3O2. The largest absolute Gasteiger partial charge is 0.472 e. The van der Waals surface area contributed by atoms with Crippen molar-refractivity contribution in [3.05, 3.63) is 54.0 Å². The van der Waals surface area contributed by atoms with E-state index in [9.17, 15) is 4.79 Å². The van der Waals surface area contributed by atoms with Gasteiger partial charge >= 0.3 is 0 Å². The predicted octanol–water partition coefficient (Wildman–Crippen LogP) is 2.61. The van der Waals surface area contributed by atoms with E-state index in [2.05, 4.69) is 11.4 Å². The standard InChI is InChI=1S/C16H17N3O2/c1-19(11-13-7-9-21-12-13)8-6-16(20)18-15-5-3-2-4-14(15)10-17/h2-5,7,9,12H,6,8,11H2,1H3,(H,18,20). The third-order valence-electron chi connectivity index (χ3n) is 3.07. The molecule has 1 heterocycles. The van der Waals surface area contributed by atoms with Crippen LogP contribution < -0.4 is 5.32 Å². The molecule has 2 rings (SSSR count). The number of benzene rings is 1. The number of nitrogens with one attached hydrogen (secondary N) is 1. The predicted molar refractivity (Wildman–Crippen MR) is 79.4 cm³/mol. The van der Waals surface area contributed by atoms with Gasteiger partial charge in [-0.05, 0) is 25.2 Å². The Morgan fingerprint density at radius 1 is 1.38 bits per heavy atom. The van der Waals surface area contributed by atoms with Gasteiger partial charge in [-0.2, -0.15) is 5.26 Å². The molecule has 0 saturated heterocycles. The first-order valence-electron chi connectivity index (χ1n) is 6.67. The van der Waals surface area contributed by atoms with Crippen molar-refractivity contribution in [1.29, 1.82) is 5.26 Å². The molecule has 0 spiro atoms. The molecular weight excluding hydrogens is 266 g/mol. The minimum atomic E-state index is -0.100. The number of rotatable bonds is 6. The molecule has 0 radical (unpaired) electrons. The van der Waals surface area contributed by atoms with Crippen LogP contribution in [-0.4, -0.2) is 24.4 Å². The summed E-state index contributed by atoms with van der Waals surface area (Å²) < 4.78 is 5.01. The van der Waals surface area contributed by atoms with Crippen LogP contribution in [-0.2, 0) is 11.3 Å². The number of para-hydroxylation sites is 1. The minimum absolute atomic E-state index is 0.100. The van der Waals surface area contributed by atoms with E-state index in [-0.39, 0.29) is 5.91 Å². The fraction of sp³-hybridized carbons (Fsp3) is 0.250. The molecule has 0 aliphatic rings. The maximum absolute atomic E-state index is 11.9. The van der Waals surface area contributed by atoms with Crippen molar-refractivity contribution < 1.29 is 9.21 Å². The van der Waals surface area contributed by atoms with Crippen LogP contribution in [0.4, 0.5) is 5.69 Å². The van der Waals surface area contributed by atoms with Crippen LogP contribution in [0.1, 0.15) is 17.5 Å². The van der Waals surface area contributed by atoms with Crippen LogP contribution in [0, 0.1) is 11.3 Å². The highest BCUT2D eigenvalue weighted by Crippen LogP contribution is 2.13. The summed E-state index contributed by atoms with van der Waals surface area (Å²) in [5.41, 5.74) is 2.10. The fourth-order valence-electron chi connectivity index (χ4n) is 1.97. The molecule has 108 valence electrons. The summed E-state index contributed by atoms with van der Waals surface area (Å²) in [6, 6.07) is 10.9. The minimum Gasteiger partial charge on any atom is -0.472 e. The highest BCUT2D eigenvalue weighted by molar-refractivity contribution is 5.92. The molecule has 21 heavy (non-hydrogen) atoms. The van der Waals surface area contributed by atoms with Gasteiger partial charge < -0.3 is 14.6 Å². The number of furan rings is 1. The number of hydrogen-bond acceptors (Lipinski definition) is 4. The number of nitriles is 1. The summed E-state index contributed by atoms with van der Waals surface area (Å²) in [6.45, 7) is 1.37. The van der Waals surface area contributed by atoms with Crippen molar-refractivity contribution in [2.24, 2.45) is 0 Å². The van der Waals surface area contributed by atoms with Gasteiger partial charge in [-0.3, -0.25) is 4.79 Å². The van der Waals surface area contributed by atoms with Crippen molar-refractivity contribution in [3.8, 4) is 6.07 Å². The van der Waals surface area contributed by atoms with Gasteiger partial charge in [0.05, 0.1) is 23.8 Å². The van der Waals surface area contributed by atoms with Crippen molar-refractivity contribution >= 4 is 11.6 Å². The van der Waals surface area contributed by atoms with E-state index in [1.165, 1.54) is 0 Å². The first-order valence-corrected chi connectivity index (χ1v) is 6.67. The number of carbonyl (C=O) groups is 1. The zero-order valence-electron chi connectivity index (χ0n) is 11.9. The second-order valence-corrected chi connectivity index (χ2v) is 4.82. The molecule has 0 bridgehead atoms. The Bertz CT molecular complexity index is 629. The summed E-state index contributed by atoms with van der Waals surface area (Å²) in [5, 5.41) is 11.7. The maximum Gasteiger partial charge on any atom is 0.225 e. The summed E-state index contributed by atoms with van der Waals surface area (Å²) >= 11 is 0. The molecule has 0 fully saturated rings. The van der Waals surface area contributed by atoms with Crippen molar-refractivity contribution in [2.75, 3.05) is 18.9 Å². The van der Waals surface area contributed by atoms with Crippen LogP contribution in [0.3, 0.4) is 0 Å². The van der Waals surface area contributed by atoms with E-state index >= 15 is 0 Å². The lowest BCUT2D eigenvalue weighted by Gasteiger charge is -2.15. The highest BCUT2D eigenvalue weighted by atomic mass is 16.3. The van der Waals surface area contributed by atoms with Gasteiger partial charge in [-0.25, -0.2) is 0 Å². The van der Waals surface area contributed by atoms with Gasteiger partial charge in [-0.1, -0.05) is 12.1 Å². The Hall–Kier alpha value is -2.58. The molecule has 0 saturated carbocycles. The van der Waals surface area contributed by atoms with Gasteiger partial charge in [0.1, 0.15) is 6.07 Å². The maximum atomic E-state index is 11.9. The van der Waals surface area contributed by atoms with E-state index in [0.29, 0.717) is 24.2 Å². The number of nitrogens with zero attached hydrogens (tertiary/aromatic N) is 2. The quantitative estimate of drug-likeness (QED) is 0.884. The van der Waals surface area contributed by atoms with Crippen molar-refractivity contribution in [2.45, 2.75) is 13.0 Å². The lowest BCUT2D eigenvalue weighted by Crippen LogP contribution is -2.24. The fourth-order valence-corrected chi connectivity index (χ4v) is 1.97. The number of carbonyl (C=O) groups excluding carboxylic acids is 1. The molecule has 5 nitrogen and oxygen atoms in total. The first-order chi connectivity index (χ1) is 10.2. The second-order valence-electron chi connectivity index (χ2n) is 4.82. The van der Waals surface area contributed by atoms with Crippen LogP contribution in [0.2, 0.25) is 0 Å². The Morgan fingerprint density at radius 2 is 2.19 bits per heavy atom. The Labute approximate surface area is 123 Å². The van der Waals surface area contributed by atoms with Gasteiger partial charge in [0.2, 0.25) is 5.91 Å². The summed E-state index contributed by atoms with van der Waals surface area (Å²) in [6.07, 6.45) is 3.70. The van der Waals surface area contributed by atoms with Crippen LogP contribution >= 0.6 is 0 Å². The molecule has 0 aliphatic heterocycles. The summed E-state index contributed by atoms with van der Waals surface area (Å²) in [7, 11) is 1.95. The SMILES string of the molecule is CN(CCC(=O)Nc1ccccc1C#N)Cc1ccoc1. The van der Waals surface area contributed by atoms with Gasteiger partial charge in [-0.15, -0.1) is 0 Å². The van der Waals surface area contributed by atoms with Gasteiger partial charge in [0, 0.05) is 25.1 Å². The highest BCUT2D eigenvalue weighted by Gasteiger charge is 2.08. The van der Waals surface area contributed by atoms with E-state index in [0.717, 1.165) is 12.1 Å². The molecule has 0 unspecified atom stereocenters. The lowest BCUT2D eigenvalue weighted by molar-refractivity contribution is -0.116. The van der Waals surface area contributed by atoms with Gasteiger partial charge in [0.15, 0.2) is 0 Å². The molecule has 2 aromatic rings. The third kappa shape index (κ3) is 4.48. The molecule has 1 amide bonds. The molecule has 0 aliphatic carbocycles. The van der Waals surface area contributed by atoms with E-state index < -0.39 is 0 Å². The van der Waals surface area contributed by atoms with Crippen molar-refractivity contribution in [3.63, 3.8) is 0 Å². The Balaban J connectivity index is 1.81. The van der Waals surface area contributed by atoms with Crippen LogP contribution in [0.15, 0.2) is 47.3 Å². The zero-order valence-corrected chi connectivity index (χ0v) is 11.9. The number of anilines is 1. The average Bonchev–Trinajstić information content (AvgIpc) is 2.98. The van der Waals surface area contributed by atoms with E-state index in [1.54, 1.807) is 36.8 Å². The molecule has 0 atom stereocenters. The number of hydrogen-bond donors (Lipinski definition) is 1. The zero-order chi connectivity index (χ0) is 15.1.